The SMILES string of the molecule is COC(=O)C1(C(F)(F)F)C[C@H]2C[C@@]2(/C=C\[Si](C)(C)C)CN1C(=O)OC(C)(C)C. The van der Waals surface area contributed by atoms with E-state index in [1.165, 1.54) is 0 Å². The third kappa shape index (κ3) is 4.23. The zero-order valence-corrected chi connectivity index (χ0v) is 18.6. The number of methoxy groups -OCH3 is 1. The van der Waals surface area contributed by atoms with Crippen molar-refractivity contribution in [2.45, 2.75) is 70.6 Å². The van der Waals surface area contributed by atoms with Crippen LogP contribution in [0.4, 0.5) is 18.0 Å². The highest BCUT2D eigenvalue weighted by Gasteiger charge is 2.75. The van der Waals surface area contributed by atoms with E-state index in [1.54, 1.807) is 20.8 Å². The molecule has 0 aromatic rings. The summed E-state index contributed by atoms with van der Waals surface area (Å²) in [6.45, 7) is 10.9. The summed E-state index contributed by atoms with van der Waals surface area (Å²) in [5, 5.41) is 0. The van der Waals surface area contributed by atoms with E-state index < -0.39 is 49.3 Å². The molecule has 2 aliphatic rings. The molecule has 0 bridgehead atoms. The van der Waals surface area contributed by atoms with Gasteiger partial charge in [0.05, 0.1) is 15.2 Å². The van der Waals surface area contributed by atoms with Crippen LogP contribution < -0.4 is 0 Å². The van der Waals surface area contributed by atoms with Gasteiger partial charge in [0, 0.05) is 12.0 Å². The molecule has 0 spiro atoms. The van der Waals surface area contributed by atoms with Gasteiger partial charge in [0.1, 0.15) is 5.60 Å². The van der Waals surface area contributed by atoms with Crippen LogP contribution >= 0.6 is 0 Å². The Morgan fingerprint density at radius 3 is 2.14 bits per heavy atom. The first kappa shape index (κ1) is 22.8. The topological polar surface area (TPSA) is 55.8 Å². The van der Waals surface area contributed by atoms with Crippen LogP contribution in [-0.4, -0.2) is 56.0 Å². The van der Waals surface area contributed by atoms with Crippen LogP contribution in [0.3, 0.4) is 0 Å². The standard InChI is InChI=1S/C19H30F3NO4Si/c1-16(2,3)27-15(25)23-12-17(8-9-28(5,6)7)10-13(17)11-18(23,14(24)26-4)19(20,21)22/h8-9,13H,10-12H2,1-7H3/b9-8-/t13-,17+,18?/m1/s1. The number of likely N-dealkylation sites (tertiary alicyclic amines) is 1. The van der Waals surface area contributed by atoms with Crippen molar-refractivity contribution in [1.82, 2.24) is 4.90 Å². The van der Waals surface area contributed by atoms with Gasteiger partial charge in [0.2, 0.25) is 5.54 Å². The summed E-state index contributed by atoms with van der Waals surface area (Å²) in [4.78, 5) is 25.7. The Kier molecular flexibility index (Phi) is 5.51. The van der Waals surface area contributed by atoms with Gasteiger partial charge in [-0.3, -0.25) is 4.90 Å². The molecule has 0 aromatic heterocycles. The lowest BCUT2D eigenvalue weighted by Gasteiger charge is -2.47. The van der Waals surface area contributed by atoms with Gasteiger partial charge < -0.3 is 9.47 Å². The quantitative estimate of drug-likeness (QED) is 0.496. The van der Waals surface area contributed by atoms with Crippen molar-refractivity contribution in [3.63, 3.8) is 0 Å². The first-order valence-electron chi connectivity index (χ1n) is 9.34. The number of alkyl halides is 3. The number of carbonyl (C=O) groups is 2. The van der Waals surface area contributed by atoms with E-state index in [-0.39, 0.29) is 12.5 Å². The second kappa shape index (κ2) is 6.78. The van der Waals surface area contributed by atoms with Crippen LogP contribution in [0.15, 0.2) is 11.8 Å². The number of amides is 1. The summed E-state index contributed by atoms with van der Waals surface area (Å²) in [6.07, 6.45) is -4.19. The number of carbonyl (C=O) groups excluding carboxylic acids is 2. The molecule has 0 aromatic carbocycles. The number of ether oxygens (including phenoxy) is 2. The second-order valence-corrected chi connectivity index (χ2v) is 15.0. The molecule has 1 heterocycles. The van der Waals surface area contributed by atoms with Crippen molar-refractivity contribution in [2.24, 2.45) is 11.3 Å². The molecule has 1 saturated heterocycles. The molecule has 28 heavy (non-hydrogen) atoms. The monoisotopic (exact) mass is 421 g/mol. The summed E-state index contributed by atoms with van der Waals surface area (Å²) in [5.41, 5.74) is -2.48. The molecule has 2 fully saturated rings. The van der Waals surface area contributed by atoms with Gasteiger partial charge in [0.15, 0.2) is 0 Å². The molecular formula is C19H30F3NO4Si. The summed E-state index contributed by atoms with van der Waals surface area (Å²) < 4.78 is 52.4. The van der Waals surface area contributed by atoms with Gasteiger partial charge in [0.25, 0.3) is 0 Å². The van der Waals surface area contributed by atoms with E-state index in [0.717, 1.165) is 7.11 Å². The third-order valence-corrected chi connectivity index (χ3v) is 6.42. The molecule has 1 aliphatic carbocycles. The van der Waals surface area contributed by atoms with E-state index in [1.807, 2.05) is 6.08 Å². The lowest BCUT2D eigenvalue weighted by molar-refractivity contribution is -0.244. The van der Waals surface area contributed by atoms with E-state index in [9.17, 15) is 22.8 Å². The smallest absolute Gasteiger partial charge is 0.422 e. The van der Waals surface area contributed by atoms with Crippen molar-refractivity contribution in [1.29, 1.82) is 0 Å². The highest BCUT2D eigenvalue weighted by Crippen LogP contribution is 2.64. The minimum absolute atomic E-state index is 0.220. The second-order valence-electron chi connectivity index (χ2n) is 9.95. The Balaban J connectivity index is 2.51. The Morgan fingerprint density at radius 2 is 1.71 bits per heavy atom. The third-order valence-electron chi connectivity index (χ3n) is 5.26. The fourth-order valence-electron chi connectivity index (χ4n) is 3.72. The number of esters is 1. The fraction of sp³-hybridized carbons (Fsp3) is 0.789. The Labute approximate surface area is 165 Å². The van der Waals surface area contributed by atoms with Crippen LogP contribution in [0.2, 0.25) is 19.6 Å². The molecule has 2 rings (SSSR count). The van der Waals surface area contributed by atoms with Crippen LogP contribution in [-0.2, 0) is 14.3 Å². The number of piperidine rings is 1. The summed E-state index contributed by atoms with van der Waals surface area (Å²) in [7, 11) is -0.673. The minimum atomic E-state index is -4.98. The van der Waals surface area contributed by atoms with E-state index in [2.05, 4.69) is 30.1 Å². The van der Waals surface area contributed by atoms with Crippen LogP contribution in [0.5, 0.6) is 0 Å². The molecule has 9 heteroatoms. The molecule has 0 N–H and O–H groups in total. The molecule has 5 nitrogen and oxygen atoms in total. The van der Waals surface area contributed by atoms with E-state index in [0.29, 0.717) is 11.3 Å². The maximum atomic E-state index is 14.2. The highest BCUT2D eigenvalue weighted by molar-refractivity contribution is 6.80. The lowest BCUT2D eigenvalue weighted by atomic mass is 9.81. The number of nitrogens with zero attached hydrogens (tertiary/aromatic N) is 1. The number of rotatable bonds is 3. The molecule has 1 saturated carbocycles. The summed E-state index contributed by atoms with van der Waals surface area (Å²) >= 11 is 0. The van der Waals surface area contributed by atoms with Crippen molar-refractivity contribution in [3.05, 3.63) is 11.8 Å². The zero-order valence-electron chi connectivity index (χ0n) is 17.6. The van der Waals surface area contributed by atoms with Crippen LogP contribution in [0.25, 0.3) is 0 Å². The van der Waals surface area contributed by atoms with Gasteiger partial charge in [-0.05, 0) is 39.5 Å². The fourth-order valence-corrected chi connectivity index (χ4v) is 4.55. The highest BCUT2D eigenvalue weighted by atomic mass is 28.3. The lowest BCUT2D eigenvalue weighted by Crippen LogP contribution is -2.69. The number of fused-ring (bicyclic) bond motifs is 1. The number of hydrogen-bond donors (Lipinski definition) is 0. The maximum Gasteiger partial charge on any atom is 0.422 e. The van der Waals surface area contributed by atoms with Crippen molar-refractivity contribution < 1.29 is 32.2 Å². The largest absolute Gasteiger partial charge is 0.467 e. The van der Waals surface area contributed by atoms with Gasteiger partial charge >= 0.3 is 18.2 Å². The molecular weight excluding hydrogens is 391 g/mol. The Hall–Kier alpha value is -1.51. The Morgan fingerprint density at radius 1 is 1.14 bits per heavy atom. The average Bonchev–Trinajstić information content (AvgIpc) is 3.20. The molecule has 0 radical (unpaired) electrons. The van der Waals surface area contributed by atoms with Gasteiger partial charge in [-0.1, -0.05) is 31.4 Å². The predicted molar refractivity (Wildman–Crippen MR) is 101 cm³/mol. The van der Waals surface area contributed by atoms with Crippen molar-refractivity contribution >= 4 is 20.1 Å². The van der Waals surface area contributed by atoms with Crippen molar-refractivity contribution in [2.75, 3.05) is 13.7 Å². The predicted octanol–water partition coefficient (Wildman–Crippen LogP) is 4.54. The molecule has 1 unspecified atom stereocenters. The summed E-state index contributed by atoms with van der Waals surface area (Å²) in [5.74, 6) is -1.81. The van der Waals surface area contributed by atoms with Gasteiger partial charge in [-0.2, -0.15) is 13.2 Å². The molecule has 160 valence electrons. The number of hydrogen-bond acceptors (Lipinski definition) is 4. The normalized spacial score (nSPS) is 30.8. The number of halogens is 3. The maximum absolute atomic E-state index is 14.2. The van der Waals surface area contributed by atoms with Crippen LogP contribution in [0, 0.1) is 11.3 Å². The first-order chi connectivity index (χ1) is 12.5. The first-order valence-corrected chi connectivity index (χ1v) is 12.9. The van der Waals surface area contributed by atoms with Crippen LogP contribution in [0.1, 0.15) is 33.6 Å². The van der Waals surface area contributed by atoms with Gasteiger partial charge in [-0.15, -0.1) is 0 Å². The zero-order chi connectivity index (χ0) is 21.8. The van der Waals surface area contributed by atoms with E-state index >= 15 is 0 Å². The summed E-state index contributed by atoms with van der Waals surface area (Å²) in [6, 6.07) is 0. The van der Waals surface area contributed by atoms with E-state index in [4.69, 9.17) is 4.74 Å². The molecule has 1 amide bonds. The molecule has 3 atom stereocenters. The Bertz CT molecular complexity index is 680. The molecule has 1 aliphatic heterocycles. The van der Waals surface area contributed by atoms with Gasteiger partial charge in [-0.25, -0.2) is 9.59 Å². The average molecular weight is 422 g/mol. The minimum Gasteiger partial charge on any atom is -0.467 e. The van der Waals surface area contributed by atoms with Crippen molar-refractivity contribution in [3.8, 4) is 0 Å².